The van der Waals surface area contributed by atoms with Crippen molar-refractivity contribution < 1.29 is 19.1 Å². The zero-order valence-electron chi connectivity index (χ0n) is 14.4. The monoisotopic (exact) mass is 436 g/mol. The van der Waals surface area contributed by atoms with Crippen molar-refractivity contribution in [3.63, 3.8) is 0 Å². The summed E-state index contributed by atoms with van der Waals surface area (Å²) in [6, 6.07) is 18.0. The Morgan fingerprint density at radius 2 is 1.43 bits per heavy atom. The van der Waals surface area contributed by atoms with E-state index in [0.717, 1.165) is 9.37 Å². The Balaban J connectivity index is 1.63. The van der Waals surface area contributed by atoms with Gasteiger partial charge in [0.1, 0.15) is 11.5 Å². The van der Waals surface area contributed by atoms with Crippen molar-refractivity contribution in [3.05, 3.63) is 87.9 Å². The molecule has 0 spiro atoms. The van der Waals surface area contributed by atoms with E-state index in [2.05, 4.69) is 15.9 Å². The molecule has 28 heavy (non-hydrogen) atoms. The molecule has 3 aromatic carbocycles. The topological polar surface area (TPSA) is 89.7 Å². The fraction of sp³-hybridized carbons (Fsp3) is 0. The molecule has 1 aliphatic rings. The number of primary amides is 1. The highest BCUT2D eigenvalue weighted by Crippen LogP contribution is 2.32. The van der Waals surface area contributed by atoms with Crippen LogP contribution in [0.3, 0.4) is 0 Å². The molecular formula is C21H13BrN2O4. The van der Waals surface area contributed by atoms with Gasteiger partial charge in [-0.25, -0.2) is 4.90 Å². The van der Waals surface area contributed by atoms with Crippen LogP contribution in [0.5, 0.6) is 11.5 Å². The van der Waals surface area contributed by atoms with Crippen molar-refractivity contribution >= 4 is 39.3 Å². The first-order chi connectivity index (χ1) is 13.4. The molecule has 4 rings (SSSR count). The maximum atomic E-state index is 12.8. The van der Waals surface area contributed by atoms with E-state index in [4.69, 9.17) is 10.5 Å². The van der Waals surface area contributed by atoms with Gasteiger partial charge >= 0.3 is 0 Å². The molecule has 0 unspecified atom stereocenters. The van der Waals surface area contributed by atoms with Gasteiger partial charge in [0, 0.05) is 10.0 Å². The highest BCUT2D eigenvalue weighted by molar-refractivity contribution is 9.10. The van der Waals surface area contributed by atoms with Crippen molar-refractivity contribution in [2.75, 3.05) is 4.90 Å². The van der Waals surface area contributed by atoms with Crippen molar-refractivity contribution in [2.24, 2.45) is 5.73 Å². The zero-order valence-corrected chi connectivity index (χ0v) is 16.0. The van der Waals surface area contributed by atoms with E-state index in [-0.39, 0.29) is 5.56 Å². The minimum atomic E-state index is -0.580. The molecule has 0 saturated carbocycles. The quantitative estimate of drug-likeness (QED) is 0.622. The average Bonchev–Trinajstić information content (AvgIpc) is 2.94. The van der Waals surface area contributed by atoms with Crippen LogP contribution >= 0.6 is 15.9 Å². The fourth-order valence-electron chi connectivity index (χ4n) is 2.93. The Hall–Kier alpha value is -3.45. The van der Waals surface area contributed by atoms with Gasteiger partial charge in [0.25, 0.3) is 11.8 Å². The number of fused-ring (bicyclic) bond motifs is 1. The van der Waals surface area contributed by atoms with Crippen LogP contribution in [0.2, 0.25) is 0 Å². The number of hydrogen-bond acceptors (Lipinski definition) is 4. The molecule has 3 amide bonds. The minimum Gasteiger partial charge on any atom is -0.457 e. The second-order valence-corrected chi connectivity index (χ2v) is 7.04. The molecule has 0 bridgehead atoms. The Bertz CT molecular complexity index is 1110. The van der Waals surface area contributed by atoms with E-state index >= 15 is 0 Å². The summed E-state index contributed by atoms with van der Waals surface area (Å²) in [7, 11) is 0. The smallest absolute Gasteiger partial charge is 0.266 e. The van der Waals surface area contributed by atoms with E-state index in [0.29, 0.717) is 28.3 Å². The van der Waals surface area contributed by atoms with Gasteiger partial charge in [0.15, 0.2) is 0 Å². The third-order valence-electron chi connectivity index (χ3n) is 4.32. The Morgan fingerprint density at radius 3 is 2.07 bits per heavy atom. The molecular weight excluding hydrogens is 424 g/mol. The van der Waals surface area contributed by atoms with Gasteiger partial charge in [-0.1, -0.05) is 15.9 Å². The van der Waals surface area contributed by atoms with Crippen LogP contribution in [0.4, 0.5) is 5.69 Å². The summed E-state index contributed by atoms with van der Waals surface area (Å²) in [5.41, 5.74) is 6.45. The van der Waals surface area contributed by atoms with Crippen LogP contribution in [-0.2, 0) is 0 Å². The van der Waals surface area contributed by atoms with Crippen LogP contribution in [0.15, 0.2) is 71.2 Å². The normalized spacial score (nSPS) is 12.8. The van der Waals surface area contributed by atoms with E-state index in [1.165, 1.54) is 24.3 Å². The van der Waals surface area contributed by atoms with Crippen molar-refractivity contribution in [2.45, 2.75) is 0 Å². The third-order valence-corrected chi connectivity index (χ3v) is 4.85. The van der Waals surface area contributed by atoms with Crippen LogP contribution < -0.4 is 15.4 Å². The molecule has 6 nitrogen and oxygen atoms in total. The van der Waals surface area contributed by atoms with Crippen molar-refractivity contribution in [1.82, 2.24) is 0 Å². The molecule has 0 fully saturated rings. The number of halogens is 1. The minimum absolute atomic E-state index is 0.263. The maximum absolute atomic E-state index is 12.8. The second kappa shape index (κ2) is 6.94. The Labute approximate surface area is 168 Å². The SMILES string of the molecule is NC(=O)c1ccc(N2C(=O)c3ccc(Oc4ccc(Br)cc4)cc3C2=O)cc1. The summed E-state index contributed by atoms with van der Waals surface area (Å²) in [5.74, 6) is -0.397. The highest BCUT2D eigenvalue weighted by atomic mass is 79.9. The number of amides is 3. The molecule has 3 aromatic rings. The van der Waals surface area contributed by atoms with Gasteiger partial charge in [-0.15, -0.1) is 0 Å². The molecule has 0 aromatic heterocycles. The van der Waals surface area contributed by atoms with E-state index in [9.17, 15) is 14.4 Å². The van der Waals surface area contributed by atoms with E-state index in [1.54, 1.807) is 30.3 Å². The number of nitrogens with zero attached hydrogens (tertiary/aromatic N) is 1. The first-order valence-corrected chi connectivity index (χ1v) is 9.09. The molecule has 0 aliphatic carbocycles. The van der Waals surface area contributed by atoms with Gasteiger partial charge < -0.3 is 10.5 Å². The van der Waals surface area contributed by atoms with E-state index < -0.39 is 17.7 Å². The number of rotatable bonds is 4. The number of hydrogen-bond donors (Lipinski definition) is 1. The van der Waals surface area contributed by atoms with Crippen LogP contribution in [-0.4, -0.2) is 17.7 Å². The molecule has 0 radical (unpaired) electrons. The number of ether oxygens (including phenoxy) is 1. The van der Waals surface area contributed by atoms with Gasteiger partial charge in [0.05, 0.1) is 16.8 Å². The zero-order chi connectivity index (χ0) is 19.8. The molecule has 138 valence electrons. The summed E-state index contributed by atoms with van der Waals surface area (Å²) in [5, 5.41) is 0. The number of carbonyl (C=O) groups excluding carboxylic acids is 3. The van der Waals surface area contributed by atoms with Crippen LogP contribution in [0.1, 0.15) is 31.1 Å². The third kappa shape index (κ3) is 3.16. The second-order valence-electron chi connectivity index (χ2n) is 6.12. The molecule has 0 saturated heterocycles. The molecule has 0 atom stereocenters. The lowest BCUT2D eigenvalue weighted by Gasteiger charge is -2.13. The lowest BCUT2D eigenvalue weighted by atomic mass is 10.1. The number of benzene rings is 3. The fourth-order valence-corrected chi connectivity index (χ4v) is 3.20. The number of anilines is 1. The average molecular weight is 437 g/mol. The summed E-state index contributed by atoms with van der Waals surface area (Å²) in [4.78, 5) is 37.8. The van der Waals surface area contributed by atoms with Gasteiger partial charge in [-0.3, -0.25) is 14.4 Å². The first kappa shape index (κ1) is 17.9. The highest BCUT2D eigenvalue weighted by Gasteiger charge is 2.37. The lowest BCUT2D eigenvalue weighted by molar-refractivity contribution is 0.0925. The lowest BCUT2D eigenvalue weighted by Crippen LogP contribution is -2.29. The van der Waals surface area contributed by atoms with Gasteiger partial charge in [-0.05, 0) is 66.7 Å². The predicted molar refractivity (Wildman–Crippen MR) is 107 cm³/mol. The standard InChI is InChI=1S/C21H13BrN2O4/c22-13-3-7-15(8-4-13)28-16-9-10-17-18(11-16)21(27)24(20(17)26)14-5-1-12(2-6-14)19(23)25/h1-11H,(H2,23,25). The first-order valence-electron chi connectivity index (χ1n) is 8.30. The summed E-state index contributed by atoms with van der Waals surface area (Å²) >= 11 is 3.36. The van der Waals surface area contributed by atoms with Crippen LogP contribution in [0.25, 0.3) is 0 Å². The maximum Gasteiger partial charge on any atom is 0.266 e. The summed E-state index contributed by atoms with van der Waals surface area (Å²) in [6.45, 7) is 0. The Kier molecular flexibility index (Phi) is 4.44. The summed E-state index contributed by atoms with van der Waals surface area (Å²) < 4.78 is 6.69. The molecule has 2 N–H and O–H groups in total. The predicted octanol–water partition coefficient (Wildman–Crippen LogP) is 4.14. The van der Waals surface area contributed by atoms with E-state index in [1.807, 2.05) is 12.1 Å². The van der Waals surface area contributed by atoms with Crippen molar-refractivity contribution in [3.8, 4) is 11.5 Å². The Morgan fingerprint density at radius 1 is 0.821 bits per heavy atom. The number of imide groups is 1. The molecule has 1 aliphatic heterocycles. The molecule has 7 heteroatoms. The van der Waals surface area contributed by atoms with Gasteiger partial charge in [0.2, 0.25) is 5.91 Å². The molecule has 1 heterocycles. The number of nitrogens with two attached hydrogens (primary N) is 1. The number of carbonyl (C=O) groups is 3. The summed E-state index contributed by atoms with van der Waals surface area (Å²) in [6.07, 6.45) is 0. The van der Waals surface area contributed by atoms with Crippen LogP contribution in [0, 0.1) is 0 Å². The van der Waals surface area contributed by atoms with Crippen molar-refractivity contribution in [1.29, 1.82) is 0 Å². The van der Waals surface area contributed by atoms with Gasteiger partial charge in [-0.2, -0.15) is 0 Å². The largest absolute Gasteiger partial charge is 0.457 e.